The number of nitrogens with one attached hydrogen (secondary N) is 2. The molecule has 2 unspecified atom stereocenters. The van der Waals surface area contributed by atoms with Gasteiger partial charge in [-0.25, -0.2) is 4.98 Å². The summed E-state index contributed by atoms with van der Waals surface area (Å²) in [5, 5.41) is 3.30. The van der Waals surface area contributed by atoms with Crippen molar-refractivity contribution in [2.45, 2.75) is 64.6 Å². The van der Waals surface area contributed by atoms with Gasteiger partial charge in [-0.3, -0.25) is 4.79 Å². The first-order chi connectivity index (χ1) is 9.95. The van der Waals surface area contributed by atoms with E-state index in [1.165, 1.54) is 6.42 Å². The van der Waals surface area contributed by atoms with Crippen LogP contribution in [0.5, 0.6) is 0 Å². The van der Waals surface area contributed by atoms with Gasteiger partial charge in [-0.1, -0.05) is 27.2 Å². The van der Waals surface area contributed by atoms with Crippen molar-refractivity contribution in [2.75, 3.05) is 7.11 Å². The zero-order valence-corrected chi connectivity index (χ0v) is 13.5. The van der Waals surface area contributed by atoms with Gasteiger partial charge >= 0.3 is 0 Å². The predicted octanol–water partition coefficient (Wildman–Crippen LogP) is 2.32. The van der Waals surface area contributed by atoms with Gasteiger partial charge in [0.1, 0.15) is 11.4 Å². The Bertz CT molecular complexity index is 526. The zero-order valence-electron chi connectivity index (χ0n) is 13.5. The molecule has 1 fully saturated rings. The summed E-state index contributed by atoms with van der Waals surface area (Å²) in [6, 6.07) is 1.93. The molecule has 1 saturated carbocycles. The lowest BCUT2D eigenvalue weighted by molar-refractivity contribution is -0.0649. The van der Waals surface area contributed by atoms with Crippen LogP contribution < -0.4 is 10.9 Å². The fraction of sp³-hybridized carbons (Fsp3) is 0.750. The number of H-pyrrole nitrogens is 1. The summed E-state index contributed by atoms with van der Waals surface area (Å²) in [7, 11) is 1.72. The van der Waals surface area contributed by atoms with E-state index in [1.807, 2.05) is 0 Å². The van der Waals surface area contributed by atoms with Crippen LogP contribution in [-0.4, -0.2) is 23.1 Å². The molecule has 2 rings (SSSR count). The molecule has 5 nitrogen and oxygen atoms in total. The van der Waals surface area contributed by atoms with Crippen LogP contribution in [0.2, 0.25) is 0 Å². The van der Waals surface area contributed by atoms with Crippen LogP contribution >= 0.6 is 0 Å². The molecule has 0 saturated heterocycles. The maximum Gasteiger partial charge on any atom is 0.251 e. The number of aromatic nitrogens is 2. The standard InChI is InChI=1S/C16H27N3O2/c1-11(2)17-10-13-8-14(20)19-15(18-13)16(21-4)7-5-6-12(3)9-16/h8,11-12,17H,5-7,9-10H2,1-4H3,(H,18,19,20). The number of hydrogen-bond donors (Lipinski definition) is 2. The van der Waals surface area contributed by atoms with Gasteiger partial charge in [0.15, 0.2) is 0 Å². The molecule has 118 valence electrons. The van der Waals surface area contributed by atoms with Crippen LogP contribution in [0.25, 0.3) is 0 Å². The zero-order chi connectivity index (χ0) is 15.5. The van der Waals surface area contributed by atoms with Gasteiger partial charge in [-0.2, -0.15) is 0 Å². The van der Waals surface area contributed by atoms with Crippen molar-refractivity contribution in [3.8, 4) is 0 Å². The second-order valence-corrected chi connectivity index (χ2v) is 6.52. The van der Waals surface area contributed by atoms with E-state index in [0.29, 0.717) is 24.3 Å². The Morgan fingerprint density at radius 2 is 2.33 bits per heavy atom. The Morgan fingerprint density at radius 1 is 1.57 bits per heavy atom. The molecule has 1 heterocycles. The third kappa shape index (κ3) is 3.92. The van der Waals surface area contributed by atoms with Crippen molar-refractivity contribution < 1.29 is 4.74 Å². The molecule has 0 amide bonds. The Hall–Kier alpha value is -1.20. The third-order valence-corrected chi connectivity index (χ3v) is 4.26. The summed E-state index contributed by atoms with van der Waals surface area (Å²) in [5.41, 5.74) is 0.234. The van der Waals surface area contributed by atoms with E-state index in [2.05, 4.69) is 36.1 Å². The Labute approximate surface area is 126 Å². The molecule has 1 aliphatic rings. The summed E-state index contributed by atoms with van der Waals surface area (Å²) >= 11 is 0. The molecule has 5 heteroatoms. The summed E-state index contributed by atoms with van der Waals surface area (Å²) in [6.45, 7) is 6.99. The average molecular weight is 293 g/mol. The average Bonchev–Trinajstić information content (AvgIpc) is 2.44. The first-order valence-corrected chi connectivity index (χ1v) is 7.84. The number of nitrogens with zero attached hydrogens (tertiary/aromatic N) is 1. The summed E-state index contributed by atoms with van der Waals surface area (Å²) in [6.07, 6.45) is 4.14. The lowest BCUT2D eigenvalue weighted by atomic mass is 9.78. The predicted molar refractivity (Wildman–Crippen MR) is 83.2 cm³/mol. The summed E-state index contributed by atoms with van der Waals surface area (Å²) in [5.74, 6) is 1.27. The van der Waals surface area contributed by atoms with E-state index in [9.17, 15) is 4.79 Å². The highest BCUT2D eigenvalue weighted by Gasteiger charge is 2.39. The molecule has 0 aromatic carbocycles. The van der Waals surface area contributed by atoms with Crippen molar-refractivity contribution in [2.24, 2.45) is 5.92 Å². The highest BCUT2D eigenvalue weighted by Crippen LogP contribution is 2.40. The highest BCUT2D eigenvalue weighted by molar-refractivity contribution is 5.10. The van der Waals surface area contributed by atoms with Crippen LogP contribution in [-0.2, 0) is 16.9 Å². The molecule has 1 aromatic rings. The van der Waals surface area contributed by atoms with Crippen molar-refractivity contribution >= 4 is 0 Å². The summed E-state index contributed by atoms with van der Waals surface area (Å²) in [4.78, 5) is 19.5. The monoisotopic (exact) mass is 293 g/mol. The Morgan fingerprint density at radius 3 is 2.95 bits per heavy atom. The van der Waals surface area contributed by atoms with Gasteiger partial charge in [-0.15, -0.1) is 0 Å². The van der Waals surface area contributed by atoms with Gasteiger partial charge in [0.25, 0.3) is 5.56 Å². The molecule has 21 heavy (non-hydrogen) atoms. The second kappa shape index (κ2) is 6.71. The SMILES string of the molecule is COC1(c2nc(CNC(C)C)cc(=O)[nH]2)CCCC(C)C1. The van der Waals surface area contributed by atoms with E-state index >= 15 is 0 Å². The van der Waals surface area contributed by atoms with E-state index in [0.717, 1.165) is 25.0 Å². The van der Waals surface area contributed by atoms with Crippen LogP contribution in [0.3, 0.4) is 0 Å². The third-order valence-electron chi connectivity index (χ3n) is 4.26. The highest BCUT2D eigenvalue weighted by atomic mass is 16.5. The van der Waals surface area contributed by atoms with Crippen LogP contribution in [0.4, 0.5) is 0 Å². The minimum absolute atomic E-state index is 0.102. The fourth-order valence-corrected chi connectivity index (χ4v) is 3.12. The molecule has 0 spiro atoms. The Balaban J connectivity index is 2.30. The minimum Gasteiger partial charge on any atom is -0.370 e. The molecule has 0 aliphatic heterocycles. The maximum atomic E-state index is 12.0. The maximum absolute atomic E-state index is 12.0. The summed E-state index contributed by atoms with van der Waals surface area (Å²) < 4.78 is 5.82. The van der Waals surface area contributed by atoms with Gasteiger partial charge in [0.05, 0.1) is 5.69 Å². The van der Waals surface area contributed by atoms with E-state index in [1.54, 1.807) is 13.2 Å². The molecular weight excluding hydrogens is 266 g/mol. The first kappa shape index (κ1) is 16.2. The molecule has 2 atom stereocenters. The molecule has 0 radical (unpaired) electrons. The van der Waals surface area contributed by atoms with Crippen LogP contribution in [0.15, 0.2) is 10.9 Å². The van der Waals surface area contributed by atoms with Crippen molar-refractivity contribution in [1.29, 1.82) is 0 Å². The lowest BCUT2D eigenvalue weighted by Gasteiger charge is -2.38. The van der Waals surface area contributed by atoms with Gasteiger partial charge in [-0.05, 0) is 25.2 Å². The number of methoxy groups -OCH3 is 1. The van der Waals surface area contributed by atoms with E-state index in [4.69, 9.17) is 4.74 Å². The van der Waals surface area contributed by atoms with Crippen molar-refractivity contribution in [3.05, 3.63) is 27.9 Å². The fourth-order valence-electron chi connectivity index (χ4n) is 3.12. The van der Waals surface area contributed by atoms with Crippen LogP contribution in [0, 0.1) is 5.92 Å². The lowest BCUT2D eigenvalue weighted by Crippen LogP contribution is -2.38. The molecular formula is C16H27N3O2. The smallest absolute Gasteiger partial charge is 0.251 e. The first-order valence-electron chi connectivity index (χ1n) is 7.84. The van der Waals surface area contributed by atoms with E-state index < -0.39 is 5.60 Å². The minimum atomic E-state index is -0.440. The number of aromatic amines is 1. The number of rotatable bonds is 5. The number of ether oxygens (including phenoxy) is 1. The number of hydrogen-bond acceptors (Lipinski definition) is 4. The molecule has 1 aromatic heterocycles. The van der Waals surface area contributed by atoms with Crippen molar-refractivity contribution in [3.63, 3.8) is 0 Å². The largest absolute Gasteiger partial charge is 0.370 e. The normalized spacial score (nSPS) is 26.2. The molecule has 0 bridgehead atoms. The Kier molecular flexibility index (Phi) is 5.17. The van der Waals surface area contributed by atoms with Gasteiger partial charge in [0, 0.05) is 25.8 Å². The topological polar surface area (TPSA) is 67.0 Å². The van der Waals surface area contributed by atoms with E-state index in [-0.39, 0.29) is 5.56 Å². The second-order valence-electron chi connectivity index (χ2n) is 6.52. The van der Waals surface area contributed by atoms with Crippen LogP contribution in [0.1, 0.15) is 58.0 Å². The van der Waals surface area contributed by atoms with Gasteiger partial charge < -0.3 is 15.0 Å². The quantitative estimate of drug-likeness (QED) is 0.874. The van der Waals surface area contributed by atoms with Gasteiger partial charge in [0.2, 0.25) is 0 Å². The molecule has 2 N–H and O–H groups in total. The molecule has 1 aliphatic carbocycles. The van der Waals surface area contributed by atoms with Crippen molar-refractivity contribution in [1.82, 2.24) is 15.3 Å².